The van der Waals surface area contributed by atoms with Crippen molar-refractivity contribution in [3.8, 4) is 0 Å². The van der Waals surface area contributed by atoms with Crippen LogP contribution in [0.1, 0.15) is 24.2 Å². The Morgan fingerprint density at radius 1 is 1.30 bits per heavy atom. The third kappa shape index (κ3) is 2.92. The molecule has 2 rings (SSSR count). The van der Waals surface area contributed by atoms with Gasteiger partial charge < -0.3 is 10.6 Å². The van der Waals surface area contributed by atoms with Gasteiger partial charge >= 0.3 is 0 Å². The summed E-state index contributed by atoms with van der Waals surface area (Å²) in [5, 5.41) is 0.545. The van der Waals surface area contributed by atoms with Gasteiger partial charge in [0.1, 0.15) is 11.6 Å². The number of benzene rings is 1. The van der Waals surface area contributed by atoms with Crippen molar-refractivity contribution in [1.29, 1.82) is 0 Å². The first-order valence-corrected chi connectivity index (χ1v) is 6.75. The van der Waals surface area contributed by atoms with E-state index >= 15 is 0 Å². The minimum Gasteiger partial charge on any atom is -0.353 e. The highest BCUT2D eigenvalue weighted by atomic mass is 35.5. The smallest absolute Gasteiger partial charge is 0.129 e. The van der Waals surface area contributed by atoms with Crippen LogP contribution in [0.15, 0.2) is 36.4 Å². The van der Waals surface area contributed by atoms with Crippen LogP contribution >= 0.6 is 11.6 Å². The molecule has 0 amide bonds. The van der Waals surface area contributed by atoms with Gasteiger partial charge in [0.05, 0.1) is 16.8 Å². The zero-order valence-corrected chi connectivity index (χ0v) is 12.2. The number of halogens is 2. The second kappa shape index (κ2) is 6.20. The first-order chi connectivity index (χ1) is 9.54. The standard InChI is InChI=1S/C15H17ClFN3/c1-10(11-5-3-4-6-13(11)17)20(2)15-8-7-12(16)14(9-18)19-15/h3-8,10H,9,18H2,1-2H3. The van der Waals surface area contributed by atoms with Crippen LogP contribution in [0.5, 0.6) is 0 Å². The minimum atomic E-state index is -0.222. The summed E-state index contributed by atoms with van der Waals surface area (Å²) < 4.78 is 13.8. The Kier molecular flexibility index (Phi) is 4.57. The molecule has 1 unspecified atom stereocenters. The van der Waals surface area contributed by atoms with Gasteiger partial charge in [-0.05, 0) is 25.1 Å². The van der Waals surface area contributed by atoms with E-state index in [1.165, 1.54) is 6.07 Å². The summed E-state index contributed by atoms with van der Waals surface area (Å²) in [5.74, 6) is 0.491. The Balaban J connectivity index is 2.31. The molecule has 0 aliphatic heterocycles. The number of anilines is 1. The average molecular weight is 294 g/mol. The topological polar surface area (TPSA) is 42.1 Å². The molecule has 0 fully saturated rings. The van der Waals surface area contributed by atoms with E-state index in [-0.39, 0.29) is 18.4 Å². The molecule has 2 N–H and O–H groups in total. The molecule has 0 aliphatic carbocycles. The van der Waals surface area contributed by atoms with Crippen molar-refractivity contribution in [3.05, 3.63) is 58.5 Å². The first kappa shape index (κ1) is 14.8. The van der Waals surface area contributed by atoms with Crippen LogP contribution in [0.4, 0.5) is 10.2 Å². The highest BCUT2D eigenvalue weighted by Crippen LogP contribution is 2.27. The van der Waals surface area contributed by atoms with Crippen LogP contribution < -0.4 is 10.6 Å². The van der Waals surface area contributed by atoms with E-state index in [4.69, 9.17) is 17.3 Å². The first-order valence-electron chi connectivity index (χ1n) is 6.37. The predicted molar refractivity (Wildman–Crippen MR) is 80.4 cm³/mol. The van der Waals surface area contributed by atoms with Gasteiger partial charge in [-0.1, -0.05) is 29.8 Å². The Morgan fingerprint density at radius 2 is 2.00 bits per heavy atom. The van der Waals surface area contributed by atoms with E-state index < -0.39 is 0 Å². The van der Waals surface area contributed by atoms with Crippen LogP contribution in [-0.4, -0.2) is 12.0 Å². The lowest BCUT2D eigenvalue weighted by molar-refractivity contribution is 0.584. The van der Waals surface area contributed by atoms with Gasteiger partial charge in [-0.25, -0.2) is 9.37 Å². The summed E-state index contributed by atoms with van der Waals surface area (Å²) in [6.45, 7) is 2.20. The van der Waals surface area contributed by atoms with E-state index in [2.05, 4.69) is 4.98 Å². The molecule has 20 heavy (non-hydrogen) atoms. The van der Waals surface area contributed by atoms with Gasteiger partial charge in [0.2, 0.25) is 0 Å². The number of nitrogens with two attached hydrogens (primary N) is 1. The Morgan fingerprint density at radius 3 is 2.65 bits per heavy atom. The van der Waals surface area contributed by atoms with Crippen molar-refractivity contribution in [2.45, 2.75) is 19.5 Å². The van der Waals surface area contributed by atoms with Gasteiger partial charge in [0.25, 0.3) is 0 Å². The molecule has 0 saturated heterocycles. The number of hydrogen-bond acceptors (Lipinski definition) is 3. The van der Waals surface area contributed by atoms with Gasteiger partial charge in [-0.15, -0.1) is 0 Å². The normalized spacial score (nSPS) is 12.2. The van der Waals surface area contributed by atoms with Crippen molar-refractivity contribution in [3.63, 3.8) is 0 Å². The molecule has 2 aromatic rings. The Labute approximate surface area is 123 Å². The highest BCUT2D eigenvalue weighted by molar-refractivity contribution is 6.31. The highest BCUT2D eigenvalue weighted by Gasteiger charge is 2.17. The molecule has 1 heterocycles. The SMILES string of the molecule is CC(c1ccccc1F)N(C)c1ccc(Cl)c(CN)n1. The molecule has 0 saturated carbocycles. The van der Waals surface area contributed by atoms with E-state index in [1.807, 2.05) is 24.9 Å². The van der Waals surface area contributed by atoms with Crippen LogP contribution in [0.3, 0.4) is 0 Å². The lowest BCUT2D eigenvalue weighted by atomic mass is 10.1. The van der Waals surface area contributed by atoms with E-state index in [1.54, 1.807) is 24.3 Å². The second-order valence-corrected chi connectivity index (χ2v) is 5.02. The summed E-state index contributed by atoms with van der Waals surface area (Å²) >= 11 is 6.00. The summed E-state index contributed by atoms with van der Waals surface area (Å²) in [7, 11) is 1.87. The van der Waals surface area contributed by atoms with Crippen molar-refractivity contribution in [2.24, 2.45) is 5.73 Å². The molecular weight excluding hydrogens is 277 g/mol. The number of pyridine rings is 1. The largest absolute Gasteiger partial charge is 0.353 e. The van der Waals surface area contributed by atoms with Crippen LogP contribution in [0, 0.1) is 5.82 Å². The predicted octanol–water partition coefficient (Wildman–Crippen LogP) is 3.53. The monoisotopic (exact) mass is 293 g/mol. The molecule has 1 atom stereocenters. The Bertz CT molecular complexity index is 603. The van der Waals surface area contributed by atoms with Crippen molar-refractivity contribution in [1.82, 2.24) is 4.98 Å². The summed E-state index contributed by atoms with van der Waals surface area (Å²) in [6, 6.07) is 10.2. The third-order valence-corrected chi connectivity index (χ3v) is 3.74. The van der Waals surface area contributed by atoms with Gasteiger partial charge in [-0.3, -0.25) is 0 Å². The third-order valence-electron chi connectivity index (χ3n) is 3.39. The maximum Gasteiger partial charge on any atom is 0.129 e. The lowest BCUT2D eigenvalue weighted by Gasteiger charge is -2.27. The van der Waals surface area contributed by atoms with E-state index in [0.717, 1.165) is 0 Å². The summed E-state index contributed by atoms with van der Waals surface area (Å²) in [6.07, 6.45) is 0. The van der Waals surface area contributed by atoms with E-state index in [0.29, 0.717) is 22.1 Å². The van der Waals surface area contributed by atoms with Crippen LogP contribution in [-0.2, 0) is 6.54 Å². The van der Waals surface area contributed by atoms with Crippen molar-refractivity contribution >= 4 is 17.4 Å². The van der Waals surface area contributed by atoms with Gasteiger partial charge in [0, 0.05) is 19.2 Å². The Hall–Kier alpha value is -1.65. The maximum absolute atomic E-state index is 13.8. The zero-order chi connectivity index (χ0) is 14.7. The lowest BCUT2D eigenvalue weighted by Crippen LogP contribution is -2.24. The van der Waals surface area contributed by atoms with Gasteiger partial charge in [0.15, 0.2) is 0 Å². The quantitative estimate of drug-likeness (QED) is 0.937. The average Bonchev–Trinajstić information content (AvgIpc) is 2.47. The second-order valence-electron chi connectivity index (χ2n) is 4.61. The molecule has 0 radical (unpaired) electrons. The molecule has 106 valence electrons. The fourth-order valence-corrected chi connectivity index (χ4v) is 2.22. The summed E-state index contributed by atoms with van der Waals surface area (Å²) in [5.41, 5.74) is 6.87. The molecule has 0 aliphatic rings. The fourth-order valence-electron chi connectivity index (χ4n) is 2.03. The maximum atomic E-state index is 13.8. The van der Waals surface area contributed by atoms with E-state index in [9.17, 15) is 4.39 Å². The number of rotatable bonds is 4. The molecule has 1 aromatic heterocycles. The van der Waals surface area contributed by atoms with Gasteiger partial charge in [-0.2, -0.15) is 0 Å². The van der Waals surface area contributed by atoms with Crippen molar-refractivity contribution < 1.29 is 4.39 Å². The molecule has 5 heteroatoms. The fraction of sp³-hybridized carbons (Fsp3) is 0.267. The molecule has 0 bridgehead atoms. The molecule has 3 nitrogen and oxygen atoms in total. The molecule has 0 spiro atoms. The summed E-state index contributed by atoms with van der Waals surface area (Å²) in [4.78, 5) is 6.31. The molecular formula is C15H17ClFN3. The van der Waals surface area contributed by atoms with Crippen molar-refractivity contribution in [2.75, 3.05) is 11.9 Å². The molecule has 1 aromatic carbocycles. The number of nitrogens with zero attached hydrogens (tertiary/aromatic N) is 2. The number of aromatic nitrogens is 1. The zero-order valence-electron chi connectivity index (χ0n) is 11.5. The van der Waals surface area contributed by atoms with Crippen LogP contribution in [0.25, 0.3) is 0 Å². The van der Waals surface area contributed by atoms with Crippen LogP contribution in [0.2, 0.25) is 5.02 Å². The number of hydrogen-bond donors (Lipinski definition) is 1. The minimum absolute atomic E-state index is 0.143.